The van der Waals surface area contributed by atoms with Gasteiger partial charge in [0.05, 0.1) is 6.54 Å². The van der Waals surface area contributed by atoms with E-state index in [-0.39, 0.29) is 5.91 Å². The van der Waals surface area contributed by atoms with E-state index in [9.17, 15) is 4.79 Å². The van der Waals surface area contributed by atoms with Crippen LogP contribution in [0.5, 0.6) is 5.75 Å². The molecule has 0 saturated heterocycles. The van der Waals surface area contributed by atoms with Gasteiger partial charge in [-0.2, -0.15) is 0 Å². The van der Waals surface area contributed by atoms with Crippen LogP contribution in [-0.2, 0) is 6.54 Å². The van der Waals surface area contributed by atoms with Crippen molar-refractivity contribution in [3.63, 3.8) is 0 Å². The minimum absolute atomic E-state index is 0.00208. The Morgan fingerprint density at radius 3 is 2.60 bits per heavy atom. The lowest BCUT2D eigenvalue weighted by atomic mass is 10.2. The topological polar surface area (TPSA) is 34.5 Å². The van der Waals surface area contributed by atoms with Crippen LogP contribution in [0.15, 0.2) is 54.6 Å². The molecule has 3 aromatic rings. The van der Waals surface area contributed by atoms with Gasteiger partial charge in [-0.15, -0.1) is 0 Å². The Kier molecular flexibility index (Phi) is 5.29. The molecule has 130 valence electrons. The van der Waals surface area contributed by atoms with Gasteiger partial charge in [-0.05, 0) is 43.3 Å². The Bertz CT molecular complexity index is 871. The minimum atomic E-state index is -0.00208. The van der Waals surface area contributed by atoms with Crippen LogP contribution in [0.4, 0.5) is 0 Å². The summed E-state index contributed by atoms with van der Waals surface area (Å²) in [6, 6.07) is 17.2. The first kappa shape index (κ1) is 17.4. The van der Waals surface area contributed by atoms with Crippen LogP contribution in [0.25, 0.3) is 10.9 Å². The number of carbonyl (C=O) groups is 1. The molecular formula is C20H21ClN2O2. The summed E-state index contributed by atoms with van der Waals surface area (Å²) in [5.74, 6) is 0.741. The second-order valence-electron chi connectivity index (χ2n) is 5.86. The number of fused-ring (bicyclic) bond motifs is 1. The zero-order valence-corrected chi connectivity index (χ0v) is 15.2. The number of ether oxygens (including phenoxy) is 1. The van der Waals surface area contributed by atoms with E-state index in [1.807, 2.05) is 54.0 Å². The third kappa shape index (κ3) is 3.80. The summed E-state index contributed by atoms with van der Waals surface area (Å²) in [6.45, 7) is 3.74. The molecule has 1 amide bonds. The Morgan fingerprint density at radius 1 is 1.16 bits per heavy atom. The summed E-state index contributed by atoms with van der Waals surface area (Å²) in [4.78, 5) is 14.5. The van der Waals surface area contributed by atoms with E-state index < -0.39 is 0 Å². The summed E-state index contributed by atoms with van der Waals surface area (Å²) in [6.07, 6.45) is 0. The highest BCUT2D eigenvalue weighted by molar-refractivity contribution is 6.30. The van der Waals surface area contributed by atoms with Crippen LogP contribution in [-0.4, -0.2) is 35.6 Å². The monoisotopic (exact) mass is 356 g/mol. The van der Waals surface area contributed by atoms with Crippen LogP contribution in [0.2, 0.25) is 5.02 Å². The third-order valence-corrected chi connectivity index (χ3v) is 4.45. The zero-order chi connectivity index (χ0) is 17.8. The normalized spacial score (nSPS) is 10.8. The van der Waals surface area contributed by atoms with E-state index >= 15 is 0 Å². The van der Waals surface area contributed by atoms with E-state index in [0.29, 0.717) is 23.9 Å². The fraction of sp³-hybridized carbons (Fsp3) is 0.250. The Labute approximate surface area is 152 Å². The number of hydrogen-bond acceptors (Lipinski definition) is 2. The van der Waals surface area contributed by atoms with E-state index in [0.717, 1.165) is 23.2 Å². The Hall–Kier alpha value is -2.46. The minimum Gasteiger partial charge on any atom is -0.492 e. The van der Waals surface area contributed by atoms with E-state index in [1.165, 1.54) is 0 Å². The summed E-state index contributed by atoms with van der Waals surface area (Å²) in [5, 5.41) is 1.76. The van der Waals surface area contributed by atoms with Crippen molar-refractivity contribution in [3.05, 3.63) is 65.3 Å². The number of likely N-dealkylation sites (N-methyl/N-ethyl adjacent to an activating group) is 1. The fourth-order valence-electron chi connectivity index (χ4n) is 2.86. The van der Waals surface area contributed by atoms with Gasteiger partial charge >= 0.3 is 0 Å². The van der Waals surface area contributed by atoms with Crippen LogP contribution in [0, 0.1) is 0 Å². The maximum atomic E-state index is 12.8. The average Bonchev–Trinajstić information content (AvgIpc) is 3.01. The second-order valence-corrected chi connectivity index (χ2v) is 6.30. The maximum Gasteiger partial charge on any atom is 0.270 e. The SMILES string of the molecule is CCn1c(C(=O)N(C)CCOc2ccc(Cl)cc2)cc2ccccc21. The maximum absolute atomic E-state index is 12.8. The predicted molar refractivity (Wildman–Crippen MR) is 102 cm³/mol. The number of para-hydroxylation sites is 1. The van der Waals surface area contributed by atoms with Gasteiger partial charge in [-0.3, -0.25) is 4.79 Å². The lowest BCUT2D eigenvalue weighted by Gasteiger charge is -2.18. The molecule has 0 N–H and O–H groups in total. The molecule has 5 heteroatoms. The van der Waals surface area contributed by atoms with Gasteiger partial charge in [0.25, 0.3) is 5.91 Å². The predicted octanol–water partition coefficient (Wildman–Crippen LogP) is 4.47. The number of hydrogen-bond donors (Lipinski definition) is 0. The number of amides is 1. The summed E-state index contributed by atoms with van der Waals surface area (Å²) < 4.78 is 7.72. The number of aryl methyl sites for hydroxylation is 1. The molecule has 0 saturated carbocycles. The first-order valence-electron chi connectivity index (χ1n) is 8.32. The van der Waals surface area contributed by atoms with Crippen LogP contribution in [0.3, 0.4) is 0 Å². The van der Waals surface area contributed by atoms with Gasteiger partial charge in [0.15, 0.2) is 0 Å². The van der Waals surface area contributed by atoms with Crippen molar-refractivity contribution in [2.45, 2.75) is 13.5 Å². The van der Waals surface area contributed by atoms with E-state index in [4.69, 9.17) is 16.3 Å². The summed E-state index contributed by atoms with van der Waals surface area (Å²) in [5.41, 5.74) is 1.79. The molecule has 0 bridgehead atoms. The lowest BCUT2D eigenvalue weighted by Crippen LogP contribution is -2.32. The van der Waals surface area contributed by atoms with Gasteiger partial charge in [-0.25, -0.2) is 0 Å². The van der Waals surface area contributed by atoms with Crippen molar-refractivity contribution in [2.24, 2.45) is 0 Å². The molecule has 1 heterocycles. The molecule has 0 atom stereocenters. The van der Waals surface area contributed by atoms with Crippen molar-refractivity contribution in [1.29, 1.82) is 0 Å². The highest BCUT2D eigenvalue weighted by Crippen LogP contribution is 2.21. The van der Waals surface area contributed by atoms with E-state index in [2.05, 4.69) is 0 Å². The second kappa shape index (κ2) is 7.62. The first-order valence-corrected chi connectivity index (χ1v) is 8.70. The molecule has 25 heavy (non-hydrogen) atoms. The lowest BCUT2D eigenvalue weighted by molar-refractivity contribution is 0.0764. The zero-order valence-electron chi connectivity index (χ0n) is 14.4. The quantitative estimate of drug-likeness (QED) is 0.653. The van der Waals surface area contributed by atoms with Crippen LogP contribution >= 0.6 is 11.6 Å². The first-order chi connectivity index (χ1) is 12.1. The van der Waals surface area contributed by atoms with Crippen LogP contribution in [0.1, 0.15) is 17.4 Å². The van der Waals surface area contributed by atoms with Crippen LogP contribution < -0.4 is 4.74 Å². The van der Waals surface area contributed by atoms with Crippen molar-refractivity contribution in [3.8, 4) is 5.75 Å². The number of carbonyl (C=O) groups excluding carboxylic acids is 1. The van der Waals surface area contributed by atoms with E-state index in [1.54, 1.807) is 24.1 Å². The molecular weight excluding hydrogens is 336 g/mol. The largest absolute Gasteiger partial charge is 0.492 e. The molecule has 4 nitrogen and oxygen atoms in total. The highest BCUT2D eigenvalue weighted by atomic mass is 35.5. The van der Waals surface area contributed by atoms with Gasteiger partial charge in [0.1, 0.15) is 18.1 Å². The number of rotatable bonds is 6. The highest BCUT2D eigenvalue weighted by Gasteiger charge is 2.18. The number of benzene rings is 2. The summed E-state index contributed by atoms with van der Waals surface area (Å²) in [7, 11) is 1.80. The smallest absolute Gasteiger partial charge is 0.270 e. The van der Waals surface area contributed by atoms with Gasteiger partial charge < -0.3 is 14.2 Å². The molecule has 0 aliphatic heterocycles. The number of aromatic nitrogens is 1. The Balaban J connectivity index is 1.67. The number of nitrogens with zero attached hydrogens (tertiary/aromatic N) is 2. The summed E-state index contributed by atoms with van der Waals surface area (Å²) >= 11 is 5.86. The third-order valence-electron chi connectivity index (χ3n) is 4.20. The van der Waals surface area contributed by atoms with Crippen molar-refractivity contribution >= 4 is 28.4 Å². The van der Waals surface area contributed by atoms with Crippen molar-refractivity contribution < 1.29 is 9.53 Å². The molecule has 3 rings (SSSR count). The molecule has 2 aromatic carbocycles. The molecule has 1 aromatic heterocycles. The molecule has 0 fully saturated rings. The fourth-order valence-corrected chi connectivity index (χ4v) is 2.98. The van der Waals surface area contributed by atoms with Gasteiger partial charge in [0.2, 0.25) is 0 Å². The standard InChI is InChI=1S/C20H21ClN2O2/c1-3-23-18-7-5-4-6-15(18)14-19(23)20(24)22(2)12-13-25-17-10-8-16(21)9-11-17/h4-11,14H,3,12-13H2,1-2H3. The molecule has 0 unspecified atom stereocenters. The molecule has 0 spiro atoms. The Morgan fingerprint density at radius 2 is 1.88 bits per heavy atom. The molecule has 0 radical (unpaired) electrons. The molecule has 0 aliphatic carbocycles. The van der Waals surface area contributed by atoms with Crippen molar-refractivity contribution in [2.75, 3.05) is 20.2 Å². The average molecular weight is 357 g/mol. The van der Waals surface area contributed by atoms with Gasteiger partial charge in [0, 0.05) is 29.5 Å². The van der Waals surface area contributed by atoms with Crippen molar-refractivity contribution in [1.82, 2.24) is 9.47 Å². The van der Waals surface area contributed by atoms with Gasteiger partial charge in [-0.1, -0.05) is 29.8 Å². The molecule has 0 aliphatic rings. The number of halogens is 1.